The Morgan fingerprint density at radius 1 is 1.25 bits per heavy atom. The fourth-order valence-corrected chi connectivity index (χ4v) is 2.99. The van der Waals surface area contributed by atoms with E-state index in [0.29, 0.717) is 5.54 Å². The number of nitrogens with zero attached hydrogens (tertiary/aromatic N) is 2. The summed E-state index contributed by atoms with van der Waals surface area (Å²) in [6, 6.07) is 0.837. The van der Waals surface area contributed by atoms with E-state index in [1.807, 2.05) is 0 Å². The highest BCUT2D eigenvalue weighted by Crippen LogP contribution is 2.22. The van der Waals surface area contributed by atoms with Crippen LogP contribution in [0.25, 0.3) is 0 Å². The number of likely N-dealkylation sites (tertiary alicyclic amines) is 1. The van der Waals surface area contributed by atoms with Gasteiger partial charge in [-0.1, -0.05) is 6.92 Å². The Hall–Kier alpha value is -0.120. The summed E-state index contributed by atoms with van der Waals surface area (Å²) in [6.07, 6.45) is 3.95. The molecule has 0 aliphatic carbocycles. The van der Waals surface area contributed by atoms with Gasteiger partial charge >= 0.3 is 0 Å². The summed E-state index contributed by atoms with van der Waals surface area (Å²) in [7, 11) is 2.24. The molecule has 3 heteroatoms. The SMILES string of the molecule is CCC1(C)CN(C2CCN(C)CC2)CCN1. The molecule has 3 nitrogen and oxygen atoms in total. The summed E-state index contributed by atoms with van der Waals surface area (Å²) in [4.78, 5) is 5.19. The van der Waals surface area contributed by atoms with Crippen molar-refractivity contribution >= 4 is 0 Å². The Balaban J connectivity index is 1.89. The van der Waals surface area contributed by atoms with Gasteiger partial charge in [0.1, 0.15) is 0 Å². The third kappa shape index (κ3) is 2.76. The third-order valence-corrected chi connectivity index (χ3v) is 4.49. The van der Waals surface area contributed by atoms with E-state index >= 15 is 0 Å². The second-order valence-corrected chi connectivity index (χ2v) is 5.85. The van der Waals surface area contributed by atoms with E-state index in [1.165, 1.54) is 45.4 Å². The molecule has 0 aromatic rings. The van der Waals surface area contributed by atoms with Crippen LogP contribution in [0.2, 0.25) is 0 Å². The third-order valence-electron chi connectivity index (χ3n) is 4.49. The van der Waals surface area contributed by atoms with E-state index in [4.69, 9.17) is 0 Å². The minimum absolute atomic E-state index is 0.349. The van der Waals surface area contributed by atoms with Gasteiger partial charge in [0.15, 0.2) is 0 Å². The predicted molar refractivity (Wildman–Crippen MR) is 68.8 cm³/mol. The van der Waals surface area contributed by atoms with Crippen molar-refractivity contribution in [3.63, 3.8) is 0 Å². The van der Waals surface area contributed by atoms with Crippen LogP contribution in [0.4, 0.5) is 0 Å². The molecule has 1 unspecified atom stereocenters. The average Bonchev–Trinajstić information content (AvgIpc) is 2.30. The quantitative estimate of drug-likeness (QED) is 0.761. The van der Waals surface area contributed by atoms with Crippen LogP contribution < -0.4 is 5.32 Å². The fraction of sp³-hybridized carbons (Fsp3) is 1.00. The summed E-state index contributed by atoms with van der Waals surface area (Å²) in [5.74, 6) is 0. The van der Waals surface area contributed by atoms with Crippen LogP contribution in [0.15, 0.2) is 0 Å². The molecule has 1 atom stereocenters. The lowest BCUT2D eigenvalue weighted by atomic mass is 9.93. The molecular formula is C13H27N3. The first-order valence-corrected chi connectivity index (χ1v) is 6.80. The van der Waals surface area contributed by atoms with Gasteiger partial charge in [0, 0.05) is 31.2 Å². The van der Waals surface area contributed by atoms with Gasteiger partial charge in [-0.25, -0.2) is 0 Å². The van der Waals surface area contributed by atoms with E-state index in [2.05, 4.69) is 36.0 Å². The Morgan fingerprint density at radius 2 is 1.94 bits per heavy atom. The first-order valence-electron chi connectivity index (χ1n) is 6.80. The maximum atomic E-state index is 3.67. The molecule has 0 aromatic carbocycles. The summed E-state index contributed by atoms with van der Waals surface area (Å²) < 4.78 is 0. The first-order chi connectivity index (χ1) is 7.63. The average molecular weight is 225 g/mol. The van der Waals surface area contributed by atoms with Crippen molar-refractivity contribution in [1.29, 1.82) is 0 Å². The van der Waals surface area contributed by atoms with Crippen LogP contribution in [-0.2, 0) is 0 Å². The summed E-state index contributed by atoms with van der Waals surface area (Å²) in [5, 5.41) is 3.67. The number of piperidine rings is 1. The topological polar surface area (TPSA) is 18.5 Å². The molecule has 1 N–H and O–H groups in total. The Bertz CT molecular complexity index is 223. The van der Waals surface area contributed by atoms with Crippen LogP contribution in [-0.4, -0.2) is 61.2 Å². The van der Waals surface area contributed by atoms with Crippen molar-refractivity contribution in [1.82, 2.24) is 15.1 Å². The molecule has 2 aliphatic heterocycles. The molecule has 2 fully saturated rings. The molecule has 0 amide bonds. The van der Waals surface area contributed by atoms with E-state index < -0.39 is 0 Å². The van der Waals surface area contributed by atoms with Gasteiger partial charge in [-0.3, -0.25) is 4.90 Å². The number of hydrogen-bond acceptors (Lipinski definition) is 3. The maximum Gasteiger partial charge on any atom is 0.0278 e. The van der Waals surface area contributed by atoms with E-state index in [9.17, 15) is 0 Å². The molecular weight excluding hydrogens is 198 g/mol. The molecule has 0 aromatic heterocycles. The van der Waals surface area contributed by atoms with Gasteiger partial charge in [0.05, 0.1) is 0 Å². The molecule has 16 heavy (non-hydrogen) atoms. The second kappa shape index (κ2) is 5.03. The minimum atomic E-state index is 0.349. The normalized spacial score (nSPS) is 35.4. The van der Waals surface area contributed by atoms with E-state index in [-0.39, 0.29) is 0 Å². The summed E-state index contributed by atoms with van der Waals surface area (Å²) >= 11 is 0. The Kier molecular flexibility index (Phi) is 3.88. The molecule has 2 heterocycles. The Morgan fingerprint density at radius 3 is 2.56 bits per heavy atom. The smallest absolute Gasteiger partial charge is 0.0278 e. The zero-order valence-electron chi connectivity index (χ0n) is 11.1. The Labute approximate surface area is 100 Å². The first kappa shape index (κ1) is 12.3. The molecule has 0 saturated carbocycles. The van der Waals surface area contributed by atoms with Gasteiger partial charge in [-0.15, -0.1) is 0 Å². The van der Waals surface area contributed by atoms with Crippen molar-refractivity contribution in [2.75, 3.05) is 39.8 Å². The predicted octanol–water partition coefficient (Wildman–Crippen LogP) is 1.15. The number of hydrogen-bond donors (Lipinski definition) is 1. The molecule has 2 rings (SSSR count). The number of nitrogens with one attached hydrogen (secondary N) is 1. The molecule has 2 saturated heterocycles. The largest absolute Gasteiger partial charge is 0.309 e. The van der Waals surface area contributed by atoms with Gasteiger partial charge < -0.3 is 10.2 Å². The van der Waals surface area contributed by atoms with Crippen molar-refractivity contribution in [2.45, 2.75) is 44.7 Å². The lowest BCUT2D eigenvalue weighted by Gasteiger charge is -2.46. The zero-order valence-corrected chi connectivity index (χ0v) is 11.1. The summed E-state index contributed by atoms with van der Waals surface area (Å²) in [6.45, 7) is 10.9. The van der Waals surface area contributed by atoms with Crippen LogP contribution >= 0.6 is 0 Å². The van der Waals surface area contributed by atoms with Gasteiger partial charge in [-0.2, -0.15) is 0 Å². The highest BCUT2D eigenvalue weighted by molar-refractivity contribution is 4.93. The highest BCUT2D eigenvalue weighted by atomic mass is 15.3. The highest BCUT2D eigenvalue weighted by Gasteiger charge is 2.33. The van der Waals surface area contributed by atoms with Crippen molar-refractivity contribution in [3.8, 4) is 0 Å². The number of rotatable bonds is 2. The lowest BCUT2D eigenvalue weighted by Crippen LogP contribution is -2.61. The van der Waals surface area contributed by atoms with Gasteiger partial charge in [0.25, 0.3) is 0 Å². The van der Waals surface area contributed by atoms with E-state index in [1.54, 1.807) is 0 Å². The van der Waals surface area contributed by atoms with Crippen molar-refractivity contribution in [3.05, 3.63) is 0 Å². The summed E-state index contributed by atoms with van der Waals surface area (Å²) in [5.41, 5.74) is 0.349. The van der Waals surface area contributed by atoms with Crippen molar-refractivity contribution < 1.29 is 0 Å². The minimum Gasteiger partial charge on any atom is -0.309 e. The molecule has 0 radical (unpaired) electrons. The standard InChI is InChI=1S/C13H27N3/c1-4-13(2)11-16(10-7-14-13)12-5-8-15(3)9-6-12/h12,14H,4-11H2,1-3H3. The van der Waals surface area contributed by atoms with Crippen LogP contribution in [0, 0.1) is 0 Å². The number of piperazine rings is 1. The van der Waals surface area contributed by atoms with Gasteiger partial charge in [0.2, 0.25) is 0 Å². The maximum absolute atomic E-state index is 3.67. The van der Waals surface area contributed by atoms with E-state index in [0.717, 1.165) is 12.6 Å². The molecule has 0 bridgehead atoms. The van der Waals surface area contributed by atoms with Gasteiger partial charge in [-0.05, 0) is 46.3 Å². The van der Waals surface area contributed by atoms with Crippen molar-refractivity contribution in [2.24, 2.45) is 0 Å². The molecule has 94 valence electrons. The fourth-order valence-electron chi connectivity index (χ4n) is 2.99. The lowest BCUT2D eigenvalue weighted by molar-refractivity contribution is 0.0636. The van der Waals surface area contributed by atoms with Crippen LogP contribution in [0.3, 0.4) is 0 Å². The molecule has 2 aliphatic rings. The van der Waals surface area contributed by atoms with Crippen LogP contribution in [0.5, 0.6) is 0 Å². The van der Waals surface area contributed by atoms with Crippen LogP contribution in [0.1, 0.15) is 33.1 Å². The molecule has 0 spiro atoms. The second-order valence-electron chi connectivity index (χ2n) is 5.85. The zero-order chi connectivity index (χ0) is 11.6. The monoisotopic (exact) mass is 225 g/mol.